The van der Waals surface area contributed by atoms with Crippen LogP contribution in [-0.2, 0) is 4.79 Å². The third-order valence-electron chi connectivity index (χ3n) is 6.35. The summed E-state index contributed by atoms with van der Waals surface area (Å²) in [6, 6.07) is 25.4. The number of anilines is 2. The van der Waals surface area contributed by atoms with Gasteiger partial charge in [-0.15, -0.1) is 0 Å². The monoisotopic (exact) mass is 496 g/mol. The molecule has 1 aliphatic heterocycles. The van der Waals surface area contributed by atoms with Crippen LogP contribution in [0.25, 0.3) is 11.3 Å². The number of carbonyl (C=O) groups excluding carboxylic acids is 1. The highest BCUT2D eigenvalue weighted by molar-refractivity contribution is 7.80. The summed E-state index contributed by atoms with van der Waals surface area (Å²) in [6.45, 7) is 5.74. The van der Waals surface area contributed by atoms with Gasteiger partial charge in [0.05, 0.1) is 11.7 Å². The molecule has 4 aromatic rings. The Labute approximate surface area is 216 Å². The molecular formula is C29H28N4O2S. The van der Waals surface area contributed by atoms with Crippen molar-refractivity contribution in [2.45, 2.75) is 32.9 Å². The minimum absolute atomic E-state index is 0.0127. The lowest BCUT2D eigenvalue weighted by Gasteiger charge is -2.27. The molecule has 1 fully saturated rings. The number of hydrogen-bond acceptors (Lipinski definition) is 4. The zero-order valence-electron chi connectivity index (χ0n) is 20.4. The maximum Gasteiger partial charge on any atom is 0.226 e. The van der Waals surface area contributed by atoms with Crippen LogP contribution in [-0.4, -0.2) is 16.0 Å². The summed E-state index contributed by atoms with van der Waals surface area (Å²) >= 11 is 5.83. The van der Waals surface area contributed by atoms with Crippen molar-refractivity contribution in [3.05, 3.63) is 102 Å². The van der Waals surface area contributed by atoms with Crippen molar-refractivity contribution in [1.82, 2.24) is 10.3 Å². The maximum atomic E-state index is 12.2. The van der Waals surface area contributed by atoms with E-state index in [1.165, 1.54) is 0 Å². The number of aryl methyl sites for hydroxylation is 1. The van der Waals surface area contributed by atoms with Gasteiger partial charge in [-0.2, -0.15) is 0 Å². The number of carbonyl (C=O) groups is 1. The maximum absolute atomic E-state index is 12.2. The second kappa shape index (κ2) is 9.95. The van der Waals surface area contributed by atoms with Gasteiger partial charge in [-0.3, -0.25) is 9.78 Å². The van der Waals surface area contributed by atoms with Crippen LogP contribution in [0.1, 0.15) is 42.9 Å². The predicted molar refractivity (Wildman–Crippen MR) is 147 cm³/mol. The van der Waals surface area contributed by atoms with Gasteiger partial charge in [0.25, 0.3) is 0 Å². The minimum atomic E-state index is -0.250. The molecule has 0 unspecified atom stereocenters. The summed E-state index contributed by atoms with van der Waals surface area (Å²) < 4.78 is 6.41. The molecule has 2 N–H and O–H groups in total. The Morgan fingerprint density at radius 2 is 1.83 bits per heavy atom. The first-order valence-corrected chi connectivity index (χ1v) is 12.4. The van der Waals surface area contributed by atoms with Crippen molar-refractivity contribution < 1.29 is 9.21 Å². The summed E-state index contributed by atoms with van der Waals surface area (Å²) in [5, 5.41) is 7.06. The average molecular weight is 497 g/mol. The smallest absolute Gasteiger partial charge is 0.226 e. The van der Waals surface area contributed by atoms with Crippen LogP contribution in [0.2, 0.25) is 0 Å². The molecule has 0 saturated carbocycles. The number of amides is 1. The van der Waals surface area contributed by atoms with Crippen LogP contribution in [0.3, 0.4) is 0 Å². The van der Waals surface area contributed by atoms with E-state index >= 15 is 0 Å². The summed E-state index contributed by atoms with van der Waals surface area (Å²) in [5.74, 6) is 1.47. The van der Waals surface area contributed by atoms with Crippen LogP contribution in [0.4, 0.5) is 11.4 Å². The van der Waals surface area contributed by atoms with Crippen molar-refractivity contribution in [3.8, 4) is 11.3 Å². The number of furan rings is 1. The second-order valence-electron chi connectivity index (χ2n) is 9.21. The lowest BCUT2D eigenvalue weighted by atomic mass is 10.0. The molecule has 7 heteroatoms. The molecule has 3 heterocycles. The Hall–Kier alpha value is -3.97. The van der Waals surface area contributed by atoms with Gasteiger partial charge in [0, 0.05) is 29.1 Å². The number of rotatable bonds is 6. The van der Waals surface area contributed by atoms with E-state index in [9.17, 15) is 4.79 Å². The highest BCUT2D eigenvalue weighted by atomic mass is 32.1. The summed E-state index contributed by atoms with van der Waals surface area (Å²) in [7, 11) is 0. The molecule has 5 rings (SSSR count). The molecule has 6 nitrogen and oxygen atoms in total. The van der Waals surface area contributed by atoms with Gasteiger partial charge in [0.15, 0.2) is 5.11 Å². The molecule has 1 amide bonds. The number of thiocarbonyl (C=S) groups is 1. The number of nitrogens with one attached hydrogen (secondary N) is 2. The number of nitrogens with zero attached hydrogens (tertiary/aromatic N) is 2. The fourth-order valence-corrected chi connectivity index (χ4v) is 4.75. The van der Waals surface area contributed by atoms with Gasteiger partial charge in [0.2, 0.25) is 5.91 Å². The number of aromatic nitrogens is 1. The van der Waals surface area contributed by atoms with Crippen LogP contribution in [0.15, 0.2) is 89.5 Å². The van der Waals surface area contributed by atoms with Gasteiger partial charge in [-0.05, 0) is 67.2 Å². The molecule has 0 aliphatic carbocycles. The normalized spacial score (nSPS) is 17.3. The second-order valence-corrected chi connectivity index (χ2v) is 9.59. The van der Waals surface area contributed by atoms with Gasteiger partial charge in [-0.1, -0.05) is 50.2 Å². The van der Waals surface area contributed by atoms with E-state index in [0.29, 0.717) is 5.11 Å². The van der Waals surface area contributed by atoms with E-state index in [4.69, 9.17) is 16.6 Å². The Balaban J connectivity index is 1.54. The third kappa shape index (κ3) is 4.62. The average Bonchev–Trinajstić information content (AvgIpc) is 3.51. The number of hydrogen-bond donors (Lipinski definition) is 2. The molecule has 36 heavy (non-hydrogen) atoms. The highest BCUT2D eigenvalue weighted by Gasteiger charge is 2.42. The molecule has 182 valence electrons. The van der Waals surface area contributed by atoms with E-state index in [0.717, 1.165) is 39.7 Å². The lowest BCUT2D eigenvalue weighted by Crippen LogP contribution is -2.29. The zero-order chi connectivity index (χ0) is 25.2. The Bertz CT molecular complexity index is 1380. The summed E-state index contributed by atoms with van der Waals surface area (Å²) in [6.07, 6.45) is 1.79. The first-order chi connectivity index (χ1) is 17.4. The van der Waals surface area contributed by atoms with Crippen LogP contribution >= 0.6 is 12.2 Å². The molecular weight excluding hydrogens is 468 g/mol. The Kier molecular flexibility index (Phi) is 6.57. The Morgan fingerprint density at radius 1 is 1.06 bits per heavy atom. The number of pyridine rings is 1. The van der Waals surface area contributed by atoms with E-state index in [1.54, 1.807) is 6.20 Å². The van der Waals surface area contributed by atoms with Crippen molar-refractivity contribution >= 4 is 34.6 Å². The fourth-order valence-electron chi connectivity index (χ4n) is 4.41. The molecule has 2 aromatic carbocycles. The SMILES string of the molecule is Cc1cc(N2C(=S)N[C@@H](c3ccccn3)[C@H]2c2ccc(-c3ccccc3)o2)ccc1NC(=O)C(C)C. The quantitative estimate of drug-likeness (QED) is 0.300. The van der Waals surface area contributed by atoms with Crippen molar-refractivity contribution in [3.63, 3.8) is 0 Å². The molecule has 1 saturated heterocycles. The lowest BCUT2D eigenvalue weighted by molar-refractivity contribution is -0.118. The van der Waals surface area contributed by atoms with Crippen LogP contribution in [0.5, 0.6) is 0 Å². The van der Waals surface area contributed by atoms with Gasteiger partial charge in [-0.25, -0.2) is 0 Å². The van der Waals surface area contributed by atoms with Gasteiger partial charge < -0.3 is 20.0 Å². The molecule has 0 radical (unpaired) electrons. The zero-order valence-corrected chi connectivity index (χ0v) is 21.3. The highest BCUT2D eigenvalue weighted by Crippen LogP contribution is 2.43. The van der Waals surface area contributed by atoms with Crippen molar-refractivity contribution in [2.75, 3.05) is 10.2 Å². The molecule has 2 atom stereocenters. The van der Waals surface area contributed by atoms with E-state index in [2.05, 4.69) is 20.5 Å². The van der Waals surface area contributed by atoms with E-state index < -0.39 is 0 Å². The molecule has 1 aliphatic rings. The predicted octanol–water partition coefficient (Wildman–Crippen LogP) is 6.42. The third-order valence-corrected chi connectivity index (χ3v) is 6.66. The largest absolute Gasteiger partial charge is 0.459 e. The first-order valence-electron chi connectivity index (χ1n) is 12.0. The minimum Gasteiger partial charge on any atom is -0.459 e. The topological polar surface area (TPSA) is 70.4 Å². The van der Waals surface area contributed by atoms with Crippen LogP contribution < -0.4 is 15.5 Å². The molecule has 2 aromatic heterocycles. The molecule has 0 spiro atoms. The summed E-state index contributed by atoms with van der Waals surface area (Å²) in [4.78, 5) is 18.9. The molecule has 0 bridgehead atoms. The summed E-state index contributed by atoms with van der Waals surface area (Å²) in [5.41, 5.74) is 4.54. The van der Waals surface area contributed by atoms with E-state index in [1.807, 2.05) is 99.6 Å². The van der Waals surface area contributed by atoms with Gasteiger partial charge >= 0.3 is 0 Å². The standard InChI is InChI=1S/C29H28N4O2S/c1-18(2)28(34)31-22-13-12-21(17-19(22)3)33-27(26(32-29(33)36)23-11-7-8-16-30-23)25-15-14-24(35-25)20-9-5-4-6-10-20/h4-18,26-27H,1-3H3,(H,31,34)(H,32,36)/t26-,27+/m0/s1. The van der Waals surface area contributed by atoms with E-state index in [-0.39, 0.29) is 23.9 Å². The fraction of sp³-hybridized carbons (Fsp3) is 0.207. The Morgan fingerprint density at radius 3 is 2.53 bits per heavy atom. The van der Waals surface area contributed by atoms with Crippen molar-refractivity contribution in [1.29, 1.82) is 0 Å². The number of benzene rings is 2. The van der Waals surface area contributed by atoms with Gasteiger partial charge in [0.1, 0.15) is 17.6 Å². The van der Waals surface area contributed by atoms with Crippen molar-refractivity contribution in [2.24, 2.45) is 5.92 Å². The first kappa shape index (κ1) is 23.8. The van der Waals surface area contributed by atoms with Crippen LogP contribution in [0, 0.1) is 12.8 Å².